The van der Waals surface area contributed by atoms with Gasteiger partial charge in [-0.2, -0.15) is 0 Å². The van der Waals surface area contributed by atoms with Gasteiger partial charge in [-0.05, 0) is 43.5 Å². The summed E-state index contributed by atoms with van der Waals surface area (Å²) in [7, 11) is 0. The highest BCUT2D eigenvalue weighted by Crippen LogP contribution is 2.32. The summed E-state index contributed by atoms with van der Waals surface area (Å²) in [6.45, 7) is 3.39. The number of nitrogens with zero attached hydrogens (tertiary/aromatic N) is 2. The second kappa shape index (κ2) is 8.09. The van der Waals surface area contributed by atoms with E-state index >= 15 is 0 Å². The summed E-state index contributed by atoms with van der Waals surface area (Å²) in [6, 6.07) is 14.1. The third-order valence-corrected chi connectivity index (χ3v) is 6.29. The van der Waals surface area contributed by atoms with E-state index in [-0.39, 0.29) is 12.0 Å². The molecule has 27 heavy (non-hydrogen) atoms. The maximum atomic E-state index is 13.2. The number of anilines is 1. The van der Waals surface area contributed by atoms with Gasteiger partial charge in [0.2, 0.25) is 5.91 Å². The zero-order valence-corrected chi connectivity index (χ0v) is 17.6. The second-order valence-corrected chi connectivity index (χ2v) is 8.84. The van der Waals surface area contributed by atoms with E-state index in [0.29, 0.717) is 13.0 Å². The van der Waals surface area contributed by atoms with Gasteiger partial charge in [-0.3, -0.25) is 9.69 Å². The molecule has 2 heterocycles. The summed E-state index contributed by atoms with van der Waals surface area (Å²) in [5, 5.41) is 0.746. The molecule has 2 aromatic carbocycles. The zero-order chi connectivity index (χ0) is 18.8. The number of halogens is 1. The smallest absolute Gasteiger partial charge is 0.233 e. The van der Waals surface area contributed by atoms with Gasteiger partial charge in [0.15, 0.2) is 5.13 Å². The molecule has 0 spiro atoms. The molecule has 1 atom stereocenters. The Balaban J connectivity index is 1.62. The molecular formula is C21H21BrN2O2S. The van der Waals surface area contributed by atoms with Crippen LogP contribution < -0.4 is 4.90 Å². The third kappa shape index (κ3) is 4.39. The fraction of sp³-hybridized carbons (Fsp3) is 0.333. The molecular weight excluding hydrogens is 424 g/mol. The Labute approximate surface area is 171 Å². The average Bonchev–Trinajstić information content (AvgIpc) is 3.30. The van der Waals surface area contributed by atoms with Crippen LogP contribution in [-0.2, 0) is 16.0 Å². The molecule has 0 bridgehead atoms. The van der Waals surface area contributed by atoms with E-state index in [1.165, 1.54) is 5.56 Å². The van der Waals surface area contributed by atoms with Crippen molar-refractivity contribution in [3.63, 3.8) is 0 Å². The number of hydrogen-bond donors (Lipinski definition) is 0. The van der Waals surface area contributed by atoms with E-state index in [1.54, 1.807) is 11.3 Å². The summed E-state index contributed by atoms with van der Waals surface area (Å²) in [5.74, 6) is 0.0625. The molecule has 1 aliphatic heterocycles. The monoisotopic (exact) mass is 444 g/mol. The van der Waals surface area contributed by atoms with Crippen LogP contribution in [0.5, 0.6) is 0 Å². The second-order valence-electron chi connectivity index (χ2n) is 6.91. The molecule has 4 nitrogen and oxygen atoms in total. The molecule has 0 N–H and O–H groups in total. The van der Waals surface area contributed by atoms with Crippen LogP contribution in [0.15, 0.2) is 46.9 Å². The van der Waals surface area contributed by atoms with Crippen molar-refractivity contribution < 1.29 is 9.53 Å². The number of ether oxygens (including phenoxy) is 1. The molecule has 0 radical (unpaired) electrons. The fourth-order valence-electron chi connectivity index (χ4n) is 3.26. The van der Waals surface area contributed by atoms with Crippen molar-refractivity contribution in [2.24, 2.45) is 0 Å². The van der Waals surface area contributed by atoms with Crippen molar-refractivity contribution in [2.45, 2.75) is 32.3 Å². The van der Waals surface area contributed by atoms with Crippen LogP contribution in [0.2, 0.25) is 0 Å². The van der Waals surface area contributed by atoms with E-state index < -0.39 is 0 Å². The Morgan fingerprint density at radius 1 is 1.30 bits per heavy atom. The maximum absolute atomic E-state index is 13.2. The average molecular weight is 445 g/mol. The van der Waals surface area contributed by atoms with Gasteiger partial charge in [0.1, 0.15) is 0 Å². The number of fused-ring (bicyclic) bond motifs is 1. The first-order valence-electron chi connectivity index (χ1n) is 9.12. The highest BCUT2D eigenvalue weighted by Gasteiger charge is 2.26. The van der Waals surface area contributed by atoms with Gasteiger partial charge in [0.05, 0.1) is 29.3 Å². The van der Waals surface area contributed by atoms with Crippen molar-refractivity contribution in [3.8, 4) is 0 Å². The van der Waals surface area contributed by atoms with Crippen LogP contribution in [0.4, 0.5) is 5.13 Å². The topological polar surface area (TPSA) is 42.4 Å². The SMILES string of the molecule is Cc1ccc(CC(=O)N(CC2CCCO2)c2nc3ccc(Br)cc3s2)cc1. The Morgan fingerprint density at radius 3 is 2.85 bits per heavy atom. The van der Waals surface area contributed by atoms with Crippen molar-refractivity contribution in [1.29, 1.82) is 0 Å². The van der Waals surface area contributed by atoms with Gasteiger partial charge in [-0.25, -0.2) is 4.98 Å². The van der Waals surface area contributed by atoms with Crippen LogP contribution in [-0.4, -0.2) is 30.1 Å². The Hall–Kier alpha value is -1.76. The minimum atomic E-state index is 0.0625. The molecule has 3 aromatic rings. The molecule has 1 unspecified atom stereocenters. The van der Waals surface area contributed by atoms with Crippen LogP contribution in [0.25, 0.3) is 10.2 Å². The number of benzene rings is 2. The summed E-state index contributed by atoms with van der Waals surface area (Å²) in [4.78, 5) is 19.7. The number of amides is 1. The van der Waals surface area contributed by atoms with E-state index in [2.05, 4.69) is 22.9 Å². The van der Waals surface area contributed by atoms with Crippen LogP contribution in [0, 0.1) is 6.92 Å². The summed E-state index contributed by atoms with van der Waals surface area (Å²) in [5.41, 5.74) is 3.13. The Kier molecular flexibility index (Phi) is 5.57. The number of carbonyl (C=O) groups excluding carboxylic acids is 1. The lowest BCUT2D eigenvalue weighted by molar-refractivity contribution is -0.118. The van der Waals surface area contributed by atoms with Gasteiger partial charge in [-0.15, -0.1) is 0 Å². The van der Waals surface area contributed by atoms with E-state index in [1.807, 2.05) is 47.4 Å². The number of thiazole rings is 1. The first-order valence-corrected chi connectivity index (χ1v) is 10.7. The van der Waals surface area contributed by atoms with Crippen molar-refractivity contribution in [2.75, 3.05) is 18.1 Å². The quantitative estimate of drug-likeness (QED) is 0.548. The van der Waals surface area contributed by atoms with Crippen LogP contribution in [0.1, 0.15) is 24.0 Å². The number of carbonyl (C=O) groups is 1. The molecule has 1 aliphatic rings. The summed E-state index contributed by atoms with van der Waals surface area (Å²) >= 11 is 5.06. The van der Waals surface area contributed by atoms with Crippen molar-refractivity contribution >= 4 is 48.5 Å². The lowest BCUT2D eigenvalue weighted by atomic mass is 10.1. The molecule has 140 valence electrons. The number of hydrogen-bond acceptors (Lipinski definition) is 4. The predicted octanol–water partition coefficient (Wildman–Crippen LogP) is 5.12. The standard InChI is InChI=1S/C21H21BrN2O2S/c1-14-4-6-15(7-5-14)11-20(25)24(13-17-3-2-10-26-17)21-23-18-9-8-16(22)12-19(18)27-21/h4-9,12,17H,2-3,10-11,13H2,1H3. The van der Waals surface area contributed by atoms with Gasteiger partial charge >= 0.3 is 0 Å². The predicted molar refractivity (Wildman–Crippen MR) is 114 cm³/mol. The first kappa shape index (κ1) is 18.6. The van der Waals surface area contributed by atoms with Crippen molar-refractivity contribution in [3.05, 3.63) is 58.1 Å². The maximum Gasteiger partial charge on any atom is 0.233 e. The lowest BCUT2D eigenvalue weighted by Gasteiger charge is -2.23. The lowest BCUT2D eigenvalue weighted by Crippen LogP contribution is -2.38. The van der Waals surface area contributed by atoms with Crippen LogP contribution >= 0.6 is 27.3 Å². The molecule has 0 aliphatic carbocycles. The van der Waals surface area contributed by atoms with Gasteiger partial charge < -0.3 is 4.74 Å². The summed E-state index contributed by atoms with van der Waals surface area (Å²) < 4.78 is 7.87. The summed E-state index contributed by atoms with van der Waals surface area (Å²) in [6.07, 6.45) is 2.50. The van der Waals surface area contributed by atoms with Gasteiger partial charge in [-0.1, -0.05) is 57.1 Å². The fourth-order valence-corrected chi connectivity index (χ4v) is 4.80. The molecule has 6 heteroatoms. The first-order chi connectivity index (χ1) is 13.1. The minimum absolute atomic E-state index is 0.0625. The van der Waals surface area contributed by atoms with Crippen LogP contribution in [0.3, 0.4) is 0 Å². The number of aryl methyl sites for hydroxylation is 1. The third-order valence-electron chi connectivity index (χ3n) is 4.76. The molecule has 1 amide bonds. The molecule has 1 saturated heterocycles. The molecule has 1 aromatic heterocycles. The van der Waals surface area contributed by atoms with E-state index in [0.717, 1.165) is 44.8 Å². The van der Waals surface area contributed by atoms with Crippen molar-refractivity contribution in [1.82, 2.24) is 4.98 Å². The molecule has 4 rings (SSSR count). The molecule has 0 saturated carbocycles. The Morgan fingerprint density at radius 2 is 2.11 bits per heavy atom. The Bertz CT molecular complexity index is 948. The largest absolute Gasteiger partial charge is 0.376 e. The van der Waals surface area contributed by atoms with E-state index in [9.17, 15) is 4.79 Å². The normalized spacial score (nSPS) is 16.7. The zero-order valence-electron chi connectivity index (χ0n) is 15.2. The molecule has 1 fully saturated rings. The van der Waals surface area contributed by atoms with Gasteiger partial charge in [0, 0.05) is 11.1 Å². The highest BCUT2D eigenvalue weighted by molar-refractivity contribution is 9.10. The number of rotatable bonds is 5. The van der Waals surface area contributed by atoms with E-state index in [4.69, 9.17) is 9.72 Å². The minimum Gasteiger partial charge on any atom is -0.376 e. The van der Waals surface area contributed by atoms with Gasteiger partial charge in [0.25, 0.3) is 0 Å². The highest BCUT2D eigenvalue weighted by atomic mass is 79.9. The number of aromatic nitrogens is 1.